The van der Waals surface area contributed by atoms with E-state index in [1.165, 1.54) is 4.90 Å². The lowest BCUT2D eigenvalue weighted by molar-refractivity contribution is -0.130. The maximum Gasteiger partial charge on any atom is 0.290 e. The highest BCUT2D eigenvalue weighted by atomic mass is 35.5. The van der Waals surface area contributed by atoms with E-state index in [0.717, 1.165) is 5.56 Å². The van der Waals surface area contributed by atoms with Crippen molar-refractivity contribution in [2.24, 2.45) is 0 Å². The maximum absolute atomic E-state index is 13.6. The van der Waals surface area contributed by atoms with Crippen LogP contribution in [-0.4, -0.2) is 33.8 Å². The third-order valence-electron chi connectivity index (χ3n) is 5.78. The van der Waals surface area contributed by atoms with E-state index in [0.29, 0.717) is 27.3 Å². The number of fused-ring (bicyclic) bond motifs is 1. The number of nitrogens with zero attached hydrogens (tertiary/aromatic N) is 2. The molecule has 4 aromatic rings. The molecule has 1 atom stereocenters. The van der Waals surface area contributed by atoms with E-state index in [4.69, 9.17) is 20.8 Å². The smallest absolute Gasteiger partial charge is 0.290 e. The first-order valence-corrected chi connectivity index (χ1v) is 10.9. The van der Waals surface area contributed by atoms with Gasteiger partial charge in [-0.2, -0.15) is 0 Å². The second-order valence-electron chi connectivity index (χ2n) is 7.82. The van der Waals surface area contributed by atoms with Gasteiger partial charge in [0.2, 0.25) is 5.78 Å². The molecule has 1 amide bonds. The number of aliphatic hydroxyl groups excluding tert-OH is 1. The Balaban J connectivity index is 1.59. The van der Waals surface area contributed by atoms with Crippen LogP contribution in [0.1, 0.15) is 27.7 Å². The van der Waals surface area contributed by atoms with Crippen molar-refractivity contribution in [3.8, 4) is 5.75 Å². The van der Waals surface area contributed by atoms with E-state index < -0.39 is 23.5 Å². The van der Waals surface area contributed by atoms with Gasteiger partial charge in [-0.1, -0.05) is 35.9 Å². The van der Waals surface area contributed by atoms with Crippen molar-refractivity contribution < 1.29 is 23.8 Å². The molecule has 2 aromatic carbocycles. The van der Waals surface area contributed by atoms with Gasteiger partial charge in [-0.05, 0) is 42.0 Å². The van der Waals surface area contributed by atoms with Gasteiger partial charge in [0.15, 0.2) is 11.5 Å². The van der Waals surface area contributed by atoms with Gasteiger partial charge in [-0.3, -0.25) is 14.6 Å². The number of ether oxygens (including phenoxy) is 1. The van der Waals surface area contributed by atoms with Gasteiger partial charge in [0, 0.05) is 28.4 Å². The number of furan rings is 1. The third-order valence-corrected chi connectivity index (χ3v) is 6.02. The zero-order valence-electron chi connectivity index (χ0n) is 18.1. The lowest BCUT2D eigenvalue weighted by Crippen LogP contribution is -2.31. The van der Waals surface area contributed by atoms with Crippen molar-refractivity contribution in [3.63, 3.8) is 0 Å². The molecule has 1 N–H and O–H groups in total. The topological polar surface area (TPSA) is 92.9 Å². The first kappa shape index (κ1) is 21.7. The van der Waals surface area contributed by atoms with Crippen LogP contribution in [0.2, 0.25) is 5.02 Å². The Morgan fingerprint density at radius 1 is 1.18 bits per heavy atom. The fourth-order valence-electron chi connectivity index (χ4n) is 4.21. The first-order chi connectivity index (χ1) is 16.5. The number of aliphatic hydroxyl groups is 1. The second kappa shape index (κ2) is 8.68. The highest BCUT2D eigenvalue weighted by molar-refractivity contribution is 6.31. The predicted molar refractivity (Wildman–Crippen MR) is 126 cm³/mol. The molecule has 0 saturated heterocycles. The van der Waals surface area contributed by atoms with Crippen molar-refractivity contribution in [3.05, 3.63) is 106 Å². The van der Waals surface area contributed by atoms with Gasteiger partial charge in [-0.25, -0.2) is 0 Å². The molecule has 5 rings (SSSR count). The number of ketones is 1. The average molecular weight is 475 g/mol. The van der Waals surface area contributed by atoms with Gasteiger partial charge < -0.3 is 19.2 Å². The summed E-state index contributed by atoms with van der Waals surface area (Å²) in [6.07, 6.45) is 3.16. The van der Waals surface area contributed by atoms with Gasteiger partial charge in [0.05, 0.1) is 25.3 Å². The van der Waals surface area contributed by atoms with Gasteiger partial charge in [0.1, 0.15) is 11.3 Å². The third kappa shape index (κ3) is 3.70. The van der Waals surface area contributed by atoms with Crippen molar-refractivity contribution in [2.45, 2.75) is 12.6 Å². The molecule has 170 valence electrons. The molecule has 1 aliphatic rings. The number of carbonyl (C=O) groups is 2. The Morgan fingerprint density at radius 3 is 2.76 bits per heavy atom. The summed E-state index contributed by atoms with van der Waals surface area (Å²) < 4.78 is 11.2. The van der Waals surface area contributed by atoms with E-state index in [2.05, 4.69) is 4.98 Å². The SMILES string of the molecule is COc1ccccc1CN1C(=O)C(O)=C(C(=O)c2cc3cc(Cl)ccc3o2)C1c1cccnc1. The van der Waals surface area contributed by atoms with Crippen LogP contribution in [0.4, 0.5) is 0 Å². The molecule has 0 aliphatic carbocycles. The molecule has 1 aliphatic heterocycles. The van der Waals surface area contributed by atoms with E-state index >= 15 is 0 Å². The Hall–Kier alpha value is -4.10. The predicted octanol–water partition coefficient (Wildman–Crippen LogP) is 5.27. The summed E-state index contributed by atoms with van der Waals surface area (Å²) in [5.41, 5.74) is 1.71. The minimum absolute atomic E-state index is 0.000325. The molecule has 0 spiro atoms. The fourth-order valence-corrected chi connectivity index (χ4v) is 4.39. The van der Waals surface area contributed by atoms with Crippen LogP contribution in [0, 0.1) is 0 Å². The van der Waals surface area contributed by atoms with Crippen LogP contribution in [0.15, 0.2) is 88.8 Å². The Bertz CT molecular complexity index is 1440. The van der Waals surface area contributed by atoms with Gasteiger partial charge in [-0.15, -0.1) is 0 Å². The largest absolute Gasteiger partial charge is 0.503 e. The summed E-state index contributed by atoms with van der Waals surface area (Å²) in [5, 5.41) is 12.0. The number of amides is 1. The number of Topliss-reactive ketones (excluding diaryl/α,β-unsaturated/α-hetero) is 1. The Kier molecular flexibility index (Phi) is 5.55. The number of aromatic nitrogens is 1. The second-order valence-corrected chi connectivity index (χ2v) is 8.25. The molecular formula is C26H19ClN2O5. The highest BCUT2D eigenvalue weighted by Crippen LogP contribution is 2.41. The summed E-state index contributed by atoms with van der Waals surface area (Å²) in [4.78, 5) is 32.4. The molecule has 0 fully saturated rings. The first-order valence-electron chi connectivity index (χ1n) is 10.5. The van der Waals surface area contributed by atoms with E-state index in [-0.39, 0.29) is 17.9 Å². The average Bonchev–Trinajstić information content (AvgIpc) is 3.38. The lowest BCUT2D eigenvalue weighted by atomic mass is 9.96. The number of hydrogen-bond acceptors (Lipinski definition) is 6. The number of hydrogen-bond donors (Lipinski definition) is 1. The van der Waals surface area contributed by atoms with Crippen LogP contribution in [-0.2, 0) is 11.3 Å². The highest BCUT2D eigenvalue weighted by Gasteiger charge is 2.44. The number of methoxy groups -OCH3 is 1. The summed E-state index contributed by atoms with van der Waals surface area (Å²) in [6.45, 7) is 0.110. The summed E-state index contributed by atoms with van der Waals surface area (Å²) in [5.74, 6) is -1.28. The van der Waals surface area contributed by atoms with Crippen LogP contribution < -0.4 is 4.74 Å². The Labute approximate surface area is 199 Å². The van der Waals surface area contributed by atoms with E-state index in [1.54, 1.807) is 62.0 Å². The van der Waals surface area contributed by atoms with Crippen molar-refractivity contribution >= 4 is 34.3 Å². The van der Waals surface area contributed by atoms with Crippen molar-refractivity contribution in [1.82, 2.24) is 9.88 Å². The maximum atomic E-state index is 13.6. The monoisotopic (exact) mass is 474 g/mol. The Morgan fingerprint density at radius 2 is 2.00 bits per heavy atom. The summed E-state index contributed by atoms with van der Waals surface area (Å²) in [7, 11) is 1.54. The molecule has 2 aromatic heterocycles. The van der Waals surface area contributed by atoms with Crippen molar-refractivity contribution in [1.29, 1.82) is 0 Å². The number of para-hydroxylation sites is 1. The molecule has 3 heterocycles. The molecule has 0 radical (unpaired) electrons. The molecule has 7 nitrogen and oxygen atoms in total. The van der Waals surface area contributed by atoms with Crippen LogP contribution in [0.25, 0.3) is 11.0 Å². The zero-order chi connectivity index (χ0) is 23.8. The van der Waals surface area contributed by atoms with Crippen LogP contribution >= 0.6 is 11.6 Å². The van der Waals surface area contributed by atoms with Gasteiger partial charge in [0.25, 0.3) is 5.91 Å². The molecular weight excluding hydrogens is 456 g/mol. The standard InChI is InChI=1S/C26H19ClN2O5/c1-33-19-7-3-2-5-16(19)14-29-23(15-6-4-10-28-13-15)22(25(31)26(29)32)24(30)21-12-17-11-18(27)8-9-20(17)34-21/h2-13,23,31H,14H2,1H3. The summed E-state index contributed by atoms with van der Waals surface area (Å²) >= 11 is 6.06. The summed E-state index contributed by atoms with van der Waals surface area (Å²) in [6, 6.07) is 16.4. The quantitative estimate of drug-likeness (QED) is 0.383. The number of carbonyl (C=O) groups excluding carboxylic acids is 2. The van der Waals surface area contributed by atoms with Crippen molar-refractivity contribution in [2.75, 3.05) is 7.11 Å². The molecule has 34 heavy (non-hydrogen) atoms. The fraction of sp³-hybridized carbons (Fsp3) is 0.115. The lowest BCUT2D eigenvalue weighted by Gasteiger charge is -2.27. The number of benzene rings is 2. The van der Waals surface area contributed by atoms with Crippen LogP contribution in [0.3, 0.4) is 0 Å². The normalized spacial score (nSPS) is 15.9. The number of rotatable bonds is 6. The minimum atomic E-state index is -0.865. The molecule has 0 bridgehead atoms. The molecule has 0 saturated carbocycles. The minimum Gasteiger partial charge on any atom is -0.503 e. The molecule has 1 unspecified atom stereocenters. The van der Waals surface area contributed by atoms with E-state index in [9.17, 15) is 14.7 Å². The number of halogens is 1. The molecule has 8 heteroatoms. The van der Waals surface area contributed by atoms with Gasteiger partial charge >= 0.3 is 0 Å². The van der Waals surface area contributed by atoms with E-state index in [1.807, 2.05) is 18.2 Å². The number of pyridine rings is 1. The zero-order valence-corrected chi connectivity index (χ0v) is 18.8. The van der Waals surface area contributed by atoms with Crippen LogP contribution in [0.5, 0.6) is 5.75 Å².